The highest BCUT2D eigenvalue weighted by atomic mass is 32.2. The van der Waals surface area contributed by atoms with Gasteiger partial charge >= 0.3 is 0 Å². The molecule has 5 heteroatoms. The van der Waals surface area contributed by atoms with Crippen molar-refractivity contribution in [1.29, 1.82) is 0 Å². The number of likely N-dealkylation sites (N-methyl/N-ethyl adjacent to an activating group) is 1. The van der Waals surface area contributed by atoms with Gasteiger partial charge in [0.1, 0.15) is 9.84 Å². The molecule has 0 unspecified atom stereocenters. The van der Waals surface area contributed by atoms with Gasteiger partial charge in [-0.2, -0.15) is 0 Å². The van der Waals surface area contributed by atoms with Crippen molar-refractivity contribution in [2.24, 2.45) is 0 Å². The molecule has 0 atom stereocenters. The lowest BCUT2D eigenvalue weighted by Gasteiger charge is -2.03. The van der Waals surface area contributed by atoms with E-state index in [2.05, 4.69) is 29.1 Å². The minimum absolute atomic E-state index is 0.179. The van der Waals surface area contributed by atoms with Gasteiger partial charge in [-0.15, -0.1) is 0 Å². The van der Waals surface area contributed by atoms with E-state index in [0.29, 0.717) is 6.54 Å². The quantitative estimate of drug-likeness (QED) is 0.793. The molecule has 0 saturated carbocycles. The number of sulfone groups is 1. The fourth-order valence-corrected chi connectivity index (χ4v) is 2.90. The van der Waals surface area contributed by atoms with Crippen LogP contribution >= 0.6 is 0 Å². The van der Waals surface area contributed by atoms with Gasteiger partial charge in [0, 0.05) is 29.9 Å². The first-order chi connectivity index (χ1) is 9.51. The van der Waals surface area contributed by atoms with Gasteiger partial charge in [0.25, 0.3) is 0 Å². The maximum atomic E-state index is 11.3. The normalized spacial score (nSPS) is 12.1. The van der Waals surface area contributed by atoms with Crippen LogP contribution in [-0.4, -0.2) is 38.1 Å². The summed E-state index contributed by atoms with van der Waals surface area (Å²) in [6, 6.07) is 8.18. The number of hydrogen-bond acceptors (Lipinski definition) is 3. The van der Waals surface area contributed by atoms with Gasteiger partial charge in [0.2, 0.25) is 0 Å². The molecule has 0 aliphatic carbocycles. The third kappa shape index (κ3) is 3.84. The first-order valence-corrected chi connectivity index (χ1v) is 9.02. The number of rotatable bonds is 7. The van der Waals surface area contributed by atoms with Crippen LogP contribution in [0.4, 0.5) is 0 Å². The average molecular weight is 294 g/mol. The Morgan fingerprint density at radius 3 is 2.70 bits per heavy atom. The summed E-state index contributed by atoms with van der Waals surface area (Å²) in [5.41, 5.74) is 2.39. The van der Waals surface area contributed by atoms with Gasteiger partial charge < -0.3 is 9.88 Å². The fraction of sp³-hybridized carbons (Fsp3) is 0.467. The van der Waals surface area contributed by atoms with E-state index in [9.17, 15) is 8.42 Å². The molecule has 2 rings (SSSR count). The number of benzene rings is 1. The van der Waals surface area contributed by atoms with Crippen LogP contribution in [0.25, 0.3) is 10.9 Å². The second-order valence-corrected chi connectivity index (χ2v) is 7.36. The van der Waals surface area contributed by atoms with E-state index in [0.717, 1.165) is 25.0 Å². The lowest BCUT2D eigenvalue weighted by Crippen LogP contribution is -2.16. The van der Waals surface area contributed by atoms with Gasteiger partial charge in [0.15, 0.2) is 0 Å². The molecular weight excluding hydrogens is 272 g/mol. The maximum absolute atomic E-state index is 11.3. The molecule has 4 nitrogen and oxygen atoms in total. The Hall–Kier alpha value is -1.33. The van der Waals surface area contributed by atoms with Crippen molar-refractivity contribution in [2.45, 2.75) is 19.9 Å². The van der Waals surface area contributed by atoms with Crippen LogP contribution in [0.2, 0.25) is 0 Å². The summed E-state index contributed by atoms with van der Waals surface area (Å²) in [5, 5.41) is 4.54. The number of aromatic nitrogens is 1. The van der Waals surface area contributed by atoms with Gasteiger partial charge in [-0.25, -0.2) is 8.42 Å². The van der Waals surface area contributed by atoms with E-state index in [1.807, 2.05) is 18.2 Å². The maximum Gasteiger partial charge on any atom is 0.149 e. The molecule has 20 heavy (non-hydrogen) atoms. The summed E-state index contributed by atoms with van der Waals surface area (Å²) in [4.78, 5) is 0. The van der Waals surface area contributed by atoms with Crippen LogP contribution in [0.15, 0.2) is 30.5 Å². The molecule has 0 radical (unpaired) electrons. The summed E-state index contributed by atoms with van der Waals surface area (Å²) in [6.07, 6.45) is 4.33. The Labute approximate surface area is 120 Å². The number of hydrogen-bond donors (Lipinski definition) is 1. The van der Waals surface area contributed by atoms with Gasteiger partial charge in [-0.3, -0.25) is 0 Å². The number of nitrogens with one attached hydrogen (secondary N) is 1. The molecule has 0 amide bonds. The predicted octanol–water partition coefficient (Wildman–Crippen LogP) is 1.84. The third-order valence-electron chi connectivity index (χ3n) is 3.40. The molecule has 0 bridgehead atoms. The molecule has 1 aromatic carbocycles. The second kappa shape index (κ2) is 6.41. The minimum Gasteiger partial charge on any atom is -0.346 e. The SMILES string of the molecule is CCNCCc1cn(CCS(C)(=O)=O)c2ccccc12. The largest absolute Gasteiger partial charge is 0.346 e. The van der Waals surface area contributed by atoms with E-state index in [-0.39, 0.29) is 5.75 Å². The standard InChI is InChI=1S/C15H22N2O2S/c1-3-16-9-8-13-12-17(10-11-20(2,18)19)15-7-5-4-6-14(13)15/h4-7,12,16H,3,8-11H2,1-2H3. The van der Waals surface area contributed by atoms with Crippen LogP contribution in [0.5, 0.6) is 0 Å². The van der Waals surface area contributed by atoms with Crippen LogP contribution in [0.3, 0.4) is 0 Å². The number of aryl methyl sites for hydroxylation is 1. The summed E-state index contributed by atoms with van der Waals surface area (Å²) >= 11 is 0. The predicted molar refractivity (Wildman–Crippen MR) is 83.9 cm³/mol. The third-order valence-corrected chi connectivity index (χ3v) is 4.32. The van der Waals surface area contributed by atoms with Crippen molar-refractivity contribution in [3.05, 3.63) is 36.0 Å². The summed E-state index contributed by atoms with van der Waals surface area (Å²) in [5.74, 6) is 0.179. The van der Waals surface area contributed by atoms with E-state index < -0.39 is 9.84 Å². The van der Waals surface area contributed by atoms with Gasteiger partial charge in [-0.1, -0.05) is 25.1 Å². The van der Waals surface area contributed by atoms with E-state index in [1.165, 1.54) is 17.2 Å². The monoisotopic (exact) mass is 294 g/mol. The molecule has 1 heterocycles. The minimum atomic E-state index is -2.94. The van der Waals surface area contributed by atoms with E-state index in [4.69, 9.17) is 0 Å². The Balaban J connectivity index is 2.25. The molecule has 1 aromatic heterocycles. The molecule has 110 valence electrons. The Morgan fingerprint density at radius 1 is 1.25 bits per heavy atom. The molecule has 0 aliphatic heterocycles. The number of para-hydroxylation sites is 1. The smallest absolute Gasteiger partial charge is 0.149 e. The second-order valence-electron chi connectivity index (χ2n) is 5.10. The van der Waals surface area contributed by atoms with Gasteiger partial charge in [-0.05, 0) is 31.1 Å². The number of fused-ring (bicyclic) bond motifs is 1. The fourth-order valence-electron chi connectivity index (χ4n) is 2.37. The molecule has 0 fully saturated rings. The van der Waals surface area contributed by atoms with Crippen molar-refractivity contribution in [2.75, 3.05) is 25.1 Å². The topological polar surface area (TPSA) is 51.1 Å². The highest BCUT2D eigenvalue weighted by molar-refractivity contribution is 7.90. The number of nitrogens with zero attached hydrogens (tertiary/aromatic N) is 1. The van der Waals surface area contributed by atoms with Crippen molar-refractivity contribution >= 4 is 20.7 Å². The van der Waals surface area contributed by atoms with Crippen molar-refractivity contribution in [3.63, 3.8) is 0 Å². The molecule has 1 N–H and O–H groups in total. The Bertz CT molecular complexity index is 674. The van der Waals surface area contributed by atoms with Crippen molar-refractivity contribution in [1.82, 2.24) is 9.88 Å². The highest BCUT2D eigenvalue weighted by Crippen LogP contribution is 2.21. The van der Waals surface area contributed by atoms with Crippen LogP contribution in [-0.2, 0) is 22.8 Å². The Morgan fingerprint density at radius 2 is 2.00 bits per heavy atom. The lowest BCUT2D eigenvalue weighted by atomic mass is 10.1. The molecular formula is C15H22N2O2S. The Kier molecular flexibility index (Phi) is 4.83. The van der Waals surface area contributed by atoms with Crippen LogP contribution < -0.4 is 5.32 Å². The summed E-state index contributed by atoms with van der Waals surface area (Å²) in [6.45, 7) is 4.51. The van der Waals surface area contributed by atoms with Crippen molar-refractivity contribution in [3.8, 4) is 0 Å². The van der Waals surface area contributed by atoms with Gasteiger partial charge in [0.05, 0.1) is 5.75 Å². The van der Waals surface area contributed by atoms with E-state index >= 15 is 0 Å². The van der Waals surface area contributed by atoms with Crippen LogP contribution in [0, 0.1) is 0 Å². The molecule has 0 aliphatic rings. The average Bonchev–Trinajstić information content (AvgIpc) is 2.75. The zero-order valence-corrected chi connectivity index (χ0v) is 12.9. The summed E-state index contributed by atoms with van der Waals surface area (Å²) in [7, 11) is -2.94. The molecule has 0 saturated heterocycles. The molecule has 2 aromatic rings. The molecule has 0 spiro atoms. The van der Waals surface area contributed by atoms with Crippen LogP contribution in [0.1, 0.15) is 12.5 Å². The first kappa shape index (κ1) is 15.1. The zero-order valence-electron chi connectivity index (χ0n) is 12.1. The lowest BCUT2D eigenvalue weighted by molar-refractivity contribution is 0.595. The first-order valence-electron chi connectivity index (χ1n) is 6.96. The van der Waals surface area contributed by atoms with Crippen molar-refractivity contribution < 1.29 is 8.42 Å². The van der Waals surface area contributed by atoms with E-state index in [1.54, 1.807) is 0 Å². The summed E-state index contributed by atoms with van der Waals surface area (Å²) < 4.78 is 24.7. The zero-order chi connectivity index (χ0) is 14.6. The highest BCUT2D eigenvalue weighted by Gasteiger charge is 2.09.